The molecule has 0 radical (unpaired) electrons. The van der Waals surface area contributed by atoms with Crippen molar-refractivity contribution in [1.29, 1.82) is 0 Å². The fraction of sp³-hybridized carbons (Fsp3) is 0.688. The summed E-state index contributed by atoms with van der Waals surface area (Å²) in [6.45, 7) is 7.27. The third-order valence-corrected chi connectivity index (χ3v) is 4.34. The van der Waals surface area contributed by atoms with E-state index >= 15 is 0 Å². The Labute approximate surface area is 131 Å². The predicted molar refractivity (Wildman–Crippen MR) is 83.4 cm³/mol. The molecule has 2 aromatic heterocycles. The summed E-state index contributed by atoms with van der Waals surface area (Å²) < 4.78 is 7.50. The molecule has 120 valence electrons. The first kappa shape index (κ1) is 15.2. The van der Waals surface area contributed by atoms with Crippen molar-refractivity contribution < 1.29 is 4.52 Å². The Bertz CT molecular complexity index is 618. The lowest BCUT2D eigenvalue weighted by Gasteiger charge is -2.26. The lowest BCUT2D eigenvalue weighted by molar-refractivity contribution is 0.311. The van der Waals surface area contributed by atoms with Crippen LogP contribution in [0.5, 0.6) is 0 Å². The van der Waals surface area contributed by atoms with E-state index in [0.29, 0.717) is 11.9 Å². The highest BCUT2D eigenvalue weighted by Gasteiger charge is 2.26. The van der Waals surface area contributed by atoms with Gasteiger partial charge in [-0.3, -0.25) is 10.00 Å². The molecule has 0 spiro atoms. The topological polar surface area (TPSA) is 68.8 Å². The Morgan fingerprint density at radius 2 is 2.32 bits per heavy atom. The molecule has 2 atom stereocenters. The molecule has 0 fully saturated rings. The van der Waals surface area contributed by atoms with Crippen LogP contribution in [0.1, 0.15) is 75.1 Å². The van der Waals surface area contributed by atoms with Crippen molar-refractivity contribution in [3.05, 3.63) is 29.2 Å². The largest absolute Gasteiger partial charge is 0.338 e. The molecule has 1 N–H and O–H groups in total. The van der Waals surface area contributed by atoms with E-state index in [2.05, 4.69) is 46.0 Å². The van der Waals surface area contributed by atoms with E-state index in [1.807, 2.05) is 6.20 Å². The Kier molecular flexibility index (Phi) is 4.57. The summed E-state index contributed by atoms with van der Waals surface area (Å²) in [5.74, 6) is 1.48. The lowest BCUT2D eigenvalue weighted by atomic mass is 9.92. The van der Waals surface area contributed by atoms with Gasteiger partial charge in [0, 0.05) is 30.3 Å². The summed E-state index contributed by atoms with van der Waals surface area (Å²) in [7, 11) is 0. The summed E-state index contributed by atoms with van der Waals surface area (Å²) in [5, 5.41) is 12.2. The van der Waals surface area contributed by atoms with E-state index in [0.717, 1.165) is 38.1 Å². The molecule has 6 heteroatoms. The second-order valence-corrected chi connectivity index (χ2v) is 5.99. The third-order valence-electron chi connectivity index (χ3n) is 4.34. The zero-order valence-corrected chi connectivity index (χ0v) is 13.7. The average molecular weight is 303 g/mol. The van der Waals surface area contributed by atoms with Crippen molar-refractivity contribution in [2.45, 2.75) is 71.5 Å². The molecule has 2 heterocycles. The van der Waals surface area contributed by atoms with Crippen LogP contribution in [-0.2, 0) is 19.4 Å². The fourth-order valence-corrected chi connectivity index (χ4v) is 3.21. The van der Waals surface area contributed by atoms with Crippen LogP contribution in [0, 0.1) is 0 Å². The molecule has 0 saturated heterocycles. The smallest absolute Gasteiger partial charge is 0.243 e. The molecule has 2 aromatic rings. The van der Waals surface area contributed by atoms with E-state index in [1.165, 1.54) is 17.7 Å². The SMILES string of the molecule is CCCc1noc(C(C)NC2CCCc3c2cnn3CC)n1. The second-order valence-electron chi connectivity index (χ2n) is 5.99. The van der Waals surface area contributed by atoms with Crippen LogP contribution in [0.4, 0.5) is 0 Å². The minimum Gasteiger partial charge on any atom is -0.338 e. The molecular weight excluding hydrogens is 278 g/mol. The van der Waals surface area contributed by atoms with Gasteiger partial charge in [0.1, 0.15) is 0 Å². The molecular formula is C16H25N5O. The van der Waals surface area contributed by atoms with Gasteiger partial charge < -0.3 is 4.52 Å². The van der Waals surface area contributed by atoms with Gasteiger partial charge in [0.05, 0.1) is 12.2 Å². The lowest BCUT2D eigenvalue weighted by Crippen LogP contribution is -2.28. The first-order valence-electron chi connectivity index (χ1n) is 8.36. The van der Waals surface area contributed by atoms with Gasteiger partial charge in [0.15, 0.2) is 5.82 Å². The maximum Gasteiger partial charge on any atom is 0.243 e. The van der Waals surface area contributed by atoms with Crippen LogP contribution in [0.3, 0.4) is 0 Å². The molecule has 1 aliphatic carbocycles. The van der Waals surface area contributed by atoms with Crippen molar-refractivity contribution >= 4 is 0 Å². The highest BCUT2D eigenvalue weighted by atomic mass is 16.5. The van der Waals surface area contributed by atoms with E-state index in [1.54, 1.807) is 0 Å². The summed E-state index contributed by atoms with van der Waals surface area (Å²) in [6, 6.07) is 0.375. The third kappa shape index (κ3) is 2.92. The number of hydrogen-bond donors (Lipinski definition) is 1. The minimum atomic E-state index is 0.0547. The summed E-state index contributed by atoms with van der Waals surface area (Å²) >= 11 is 0. The monoisotopic (exact) mass is 303 g/mol. The highest BCUT2D eigenvalue weighted by Crippen LogP contribution is 2.31. The van der Waals surface area contributed by atoms with Gasteiger partial charge in [-0.1, -0.05) is 12.1 Å². The summed E-state index contributed by atoms with van der Waals surface area (Å²) in [6.07, 6.45) is 7.35. The number of aromatic nitrogens is 4. The maximum atomic E-state index is 5.39. The van der Waals surface area contributed by atoms with Gasteiger partial charge in [0.25, 0.3) is 0 Å². The van der Waals surface area contributed by atoms with E-state index in [9.17, 15) is 0 Å². The van der Waals surface area contributed by atoms with E-state index < -0.39 is 0 Å². The summed E-state index contributed by atoms with van der Waals surface area (Å²) in [4.78, 5) is 4.48. The molecule has 0 amide bonds. The van der Waals surface area contributed by atoms with Crippen molar-refractivity contribution in [1.82, 2.24) is 25.2 Å². The van der Waals surface area contributed by atoms with Crippen molar-refractivity contribution in [3.63, 3.8) is 0 Å². The van der Waals surface area contributed by atoms with Crippen LogP contribution in [0.15, 0.2) is 10.7 Å². The average Bonchev–Trinajstić information content (AvgIpc) is 3.14. The van der Waals surface area contributed by atoms with Gasteiger partial charge in [-0.15, -0.1) is 0 Å². The summed E-state index contributed by atoms with van der Waals surface area (Å²) in [5.41, 5.74) is 2.70. The molecule has 3 rings (SSSR count). The molecule has 0 aliphatic heterocycles. The van der Waals surface area contributed by atoms with Crippen LogP contribution >= 0.6 is 0 Å². The van der Waals surface area contributed by atoms with Crippen molar-refractivity contribution in [2.75, 3.05) is 0 Å². The molecule has 1 aliphatic rings. The molecule has 22 heavy (non-hydrogen) atoms. The molecule has 0 aromatic carbocycles. The number of rotatable bonds is 6. The Balaban J connectivity index is 1.72. The van der Waals surface area contributed by atoms with Crippen LogP contribution in [-0.4, -0.2) is 19.9 Å². The highest BCUT2D eigenvalue weighted by molar-refractivity contribution is 5.25. The van der Waals surface area contributed by atoms with Gasteiger partial charge in [-0.2, -0.15) is 10.1 Å². The van der Waals surface area contributed by atoms with Crippen LogP contribution in [0.2, 0.25) is 0 Å². The number of aryl methyl sites for hydroxylation is 2. The first-order chi connectivity index (χ1) is 10.7. The zero-order chi connectivity index (χ0) is 15.5. The van der Waals surface area contributed by atoms with Gasteiger partial charge in [0.2, 0.25) is 5.89 Å². The van der Waals surface area contributed by atoms with Crippen LogP contribution < -0.4 is 5.32 Å². The van der Waals surface area contributed by atoms with Crippen molar-refractivity contribution in [2.24, 2.45) is 0 Å². The molecule has 0 bridgehead atoms. The Morgan fingerprint density at radius 3 is 3.09 bits per heavy atom. The molecule has 2 unspecified atom stereocenters. The predicted octanol–water partition coefficient (Wildman–Crippen LogP) is 2.97. The normalized spacial score (nSPS) is 19.1. The number of nitrogens with zero attached hydrogens (tertiary/aromatic N) is 4. The molecule has 6 nitrogen and oxygen atoms in total. The fourth-order valence-electron chi connectivity index (χ4n) is 3.21. The minimum absolute atomic E-state index is 0.0547. The van der Waals surface area contributed by atoms with Crippen LogP contribution in [0.25, 0.3) is 0 Å². The standard InChI is InChI=1S/C16H25N5O/c1-4-7-15-19-16(22-20-15)11(3)18-13-8-6-9-14-12(13)10-17-21(14)5-2/h10-11,13,18H,4-9H2,1-3H3. The van der Waals surface area contributed by atoms with E-state index in [-0.39, 0.29) is 6.04 Å². The molecule has 0 saturated carbocycles. The number of fused-ring (bicyclic) bond motifs is 1. The van der Waals surface area contributed by atoms with Gasteiger partial charge >= 0.3 is 0 Å². The quantitative estimate of drug-likeness (QED) is 0.888. The second kappa shape index (κ2) is 6.60. The Hall–Kier alpha value is -1.69. The number of nitrogens with one attached hydrogen (secondary N) is 1. The van der Waals surface area contributed by atoms with E-state index in [4.69, 9.17) is 4.52 Å². The maximum absolute atomic E-state index is 5.39. The zero-order valence-electron chi connectivity index (χ0n) is 13.7. The van der Waals surface area contributed by atoms with Gasteiger partial charge in [-0.05, 0) is 39.5 Å². The van der Waals surface area contributed by atoms with Crippen molar-refractivity contribution in [3.8, 4) is 0 Å². The van der Waals surface area contributed by atoms with Gasteiger partial charge in [-0.25, -0.2) is 0 Å². The number of hydrogen-bond acceptors (Lipinski definition) is 5. The Morgan fingerprint density at radius 1 is 1.45 bits per heavy atom. The first-order valence-corrected chi connectivity index (χ1v) is 8.36.